The van der Waals surface area contributed by atoms with E-state index < -0.39 is 18.6 Å². The van der Waals surface area contributed by atoms with Crippen LogP contribution in [0.3, 0.4) is 0 Å². The maximum absolute atomic E-state index is 13.4. The first-order chi connectivity index (χ1) is 18.3. The van der Waals surface area contributed by atoms with E-state index in [-0.39, 0.29) is 0 Å². The van der Waals surface area contributed by atoms with Gasteiger partial charge in [0.25, 0.3) is 0 Å². The predicted octanol–water partition coefficient (Wildman–Crippen LogP) is 9.17. The van der Waals surface area contributed by atoms with Gasteiger partial charge in [-0.2, -0.15) is 13.2 Å². The molecule has 0 amide bonds. The Hall–Kier alpha value is -3.37. The molecule has 7 rings (SSSR count). The summed E-state index contributed by atoms with van der Waals surface area (Å²) in [7, 11) is 0. The van der Waals surface area contributed by atoms with Crippen LogP contribution in [0.15, 0.2) is 109 Å². The van der Waals surface area contributed by atoms with Crippen LogP contribution in [0.2, 0.25) is 0 Å². The Morgan fingerprint density at radius 3 is 1.39 bits per heavy atom. The molecule has 0 aliphatic heterocycles. The highest BCUT2D eigenvalue weighted by Gasteiger charge is 2.31. The molecule has 186 valence electrons. The van der Waals surface area contributed by atoms with Crippen LogP contribution >= 0.6 is 29.6 Å². The quantitative estimate of drug-likeness (QED) is 0.190. The number of alkyl halides is 3. The van der Waals surface area contributed by atoms with Crippen LogP contribution in [0.4, 0.5) is 13.2 Å². The number of thiophene rings is 2. The first-order valence-corrected chi connectivity index (χ1v) is 15.7. The Balaban J connectivity index is 1.51. The average Bonchev–Trinajstić information content (AvgIpc) is 3.49. The zero-order valence-corrected chi connectivity index (χ0v) is 22.5. The fraction of sp³-hybridized carbons (Fsp3) is 0.0312. The first-order valence-electron chi connectivity index (χ1n) is 12.1. The molecule has 0 unspecified atom stereocenters. The van der Waals surface area contributed by atoms with Crippen LogP contribution in [-0.4, -0.2) is 6.30 Å². The van der Waals surface area contributed by atoms with E-state index in [9.17, 15) is 13.2 Å². The topological polar surface area (TPSA) is 0 Å². The van der Waals surface area contributed by atoms with E-state index in [0.29, 0.717) is 0 Å². The maximum atomic E-state index is 13.4. The van der Waals surface area contributed by atoms with Crippen molar-refractivity contribution in [3.63, 3.8) is 0 Å². The van der Waals surface area contributed by atoms with E-state index in [0.717, 1.165) is 26.7 Å². The zero-order valence-electron chi connectivity index (χ0n) is 20.0. The SMILES string of the molecule is C=P(c1ccc(C(F)(F)F)cc1)(c1ccc2sc3ccccc3c2c1)c1ccc2sc3ccccc3c2c1. The van der Waals surface area contributed by atoms with Crippen LogP contribution in [0, 0.1) is 0 Å². The minimum atomic E-state index is -4.39. The largest absolute Gasteiger partial charge is 0.416 e. The molecule has 0 nitrogen and oxygen atoms in total. The average molecular weight is 557 g/mol. The van der Waals surface area contributed by atoms with Crippen molar-refractivity contribution in [1.82, 2.24) is 0 Å². The van der Waals surface area contributed by atoms with Crippen molar-refractivity contribution in [3.8, 4) is 0 Å². The monoisotopic (exact) mass is 556 g/mol. The van der Waals surface area contributed by atoms with Crippen LogP contribution < -0.4 is 15.9 Å². The molecular formula is C32H20F3PS2. The van der Waals surface area contributed by atoms with Crippen molar-refractivity contribution < 1.29 is 13.2 Å². The van der Waals surface area contributed by atoms with Crippen LogP contribution in [-0.2, 0) is 6.18 Å². The van der Waals surface area contributed by atoms with Crippen LogP contribution in [0.5, 0.6) is 0 Å². The highest BCUT2D eigenvalue weighted by atomic mass is 32.1. The van der Waals surface area contributed by atoms with Crippen molar-refractivity contribution in [2.24, 2.45) is 0 Å². The summed E-state index contributed by atoms with van der Waals surface area (Å²) in [5.41, 5.74) is -0.647. The Labute approximate surface area is 225 Å². The third kappa shape index (κ3) is 3.65. The third-order valence-corrected chi connectivity index (χ3v) is 13.0. The van der Waals surface area contributed by atoms with Gasteiger partial charge in [-0.1, -0.05) is 67.0 Å². The van der Waals surface area contributed by atoms with Gasteiger partial charge in [-0.3, -0.25) is 0 Å². The first kappa shape index (κ1) is 23.7. The van der Waals surface area contributed by atoms with Crippen molar-refractivity contribution in [2.45, 2.75) is 6.18 Å². The number of hydrogen-bond acceptors (Lipinski definition) is 2. The second-order valence-electron chi connectivity index (χ2n) is 9.41. The number of rotatable bonds is 3. The van der Waals surface area contributed by atoms with Gasteiger partial charge >= 0.3 is 6.18 Å². The van der Waals surface area contributed by atoms with E-state index in [1.54, 1.807) is 34.8 Å². The summed E-state index contributed by atoms with van der Waals surface area (Å²) in [6.45, 7) is -2.52. The second kappa shape index (κ2) is 8.57. The van der Waals surface area contributed by atoms with Gasteiger partial charge in [0.15, 0.2) is 0 Å². The van der Waals surface area contributed by atoms with Gasteiger partial charge in [-0.05, 0) is 71.3 Å². The molecule has 0 aliphatic rings. The molecule has 0 fully saturated rings. The lowest BCUT2D eigenvalue weighted by molar-refractivity contribution is -0.137. The summed E-state index contributed by atoms with van der Waals surface area (Å²) < 4.78 is 45.1. The summed E-state index contributed by atoms with van der Waals surface area (Å²) in [6.07, 6.45) is 0.466. The third-order valence-electron chi connectivity index (χ3n) is 7.24. The lowest BCUT2D eigenvalue weighted by Gasteiger charge is -2.27. The fourth-order valence-corrected chi connectivity index (χ4v) is 10.3. The van der Waals surface area contributed by atoms with E-state index in [2.05, 4.69) is 60.7 Å². The Kier molecular flexibility index (Phi) is 5.35. The molecule has 0 N–H and O–H groups in total. The summed E-state index contributed by atoms with van der Waals surface area (Å²) in [5, 5.41) is 7.61. The molecule has 2 heterocycles. The molecule has 0 spiro atoms. The van der Waals surface area contributed by atoms with Gasteiger partial charge in [-0.15, -0.1) is 22.7 Å². The van der Waals surface area contributed by atoms with Crippen LogP contribution in [0.25, 0.3) is 40.3 Å². The minimum absolute atomic E-state index is 0.647. The van der Waals surface area contributed by atoms with Gasteiger partial charge in [0.05, 0.1) is 5.56 Å². The van der Waals surface area contributed by atoms with E-state index in [1.165, 1.54) is 41.7 Å². The number of halogens is 3. The summed E-state index contributed by atoms with van der Waals surface area (Å²) in [5.74, 6) is 0. The molecule has 0 aliphatic carbocycles. The lowest BCUT2D eigenvalue weighted by atomic mass is 10.1. The predicted molar refractivity (Wildman–Crippen MR) is 163 cm³/mol. The smallest absolute Gasteiger partial charge is 0.166 e. The van der Waals surface area contributed by atoms with E-state index in [4.69, 9.17) is 6.30 Å². The molecule has 7 aromatic rings. The molecule has 0 atom stereocenters. The van der Waals surface area contributed by atoms with Gasteiger partial charge in [0.2, 0.25) is 0 Å². The number of benzene rings is 5. The molecule has 0 saturated heterocycles. The van der Waals surface area contributed by atoms with E-state index in [1.807, 2.05) is 24.3 Å². The van der Waals surface area contributed by atoms with Crippen molar-refractivity contribution in [1.29, 1.82) is 0 Å². The molecule has 6 heteroatoms. The van der Waals surface area contributed by atoms with Crippen molar-refractivity contribution in [3.05, 3.63) is 115 Å². The molecule has 0 bridgehead atoms. The molecule has 38 heavy (non-hydrogen) atoms. The molecular weight excluding hydrogens is 536 g/mol. The van der Waals surface area contributed by atoms with Gasteiger partial charge in [-0.25, -0.2) is 0 Å². The normalized spacial score (nSPS) is 12.7. The Morgan fingerprint density at radius 1 is 0.500 bits per heavy atom. The Bertz CT molecular complexity index is 1930. The zero-order chi connectivity index (χ0) is 26.1. The Morgan fingerprint density at radius 2 is 0.921 bits per heavy atom. The van der Waals surface area contributed by atoms with Gasteiger partial charge in [0.1, 0.15) is 0 Å². The van der Waals surface area contributed by atoms with Crippen molar-refractivity contribution >= 4 is 92.1 Å². The van der Waals surface area contributed by atoms with E-state index >= 15 is 0 Å². The number of hydrogen-bond donors (Lipinski definition) is 0. The molecule has 0 radical (unpaired) electrons. The fourth-order valence-electron chi connectivity index (χ4n) is 5.26. The summed E-state index contributed by atoms with van der Waals surface area (Å²) in [6, 6.07) is 35.2. The summed E-state index contributed by atoms with van der Waals surface area (Å²) in [4.78, 5) is 0. The minimum Gasteiger partial charge on any atom is -0.166 e. The highest BCUT2D eigenvalue weighted by molar-refractivity contribution is 7.93. The van der Waals surface area contributed by atoms with Gasteiger partial charge in [0, 0.05) is 40.3 Å². The molecule has 5 aromatic carbocycles. The lowest BCUT2D eigenvalue weighted by Crippen LogP contribution is -2.25. The van der Waals surface area contributed by atoms with Crippen LogP contribution in [0.1, 0.15) is 5.56 Å². The highest BCUT2D eigenvalue weighted by Crippen LogP contribution is 2.46. The van der Waals surface area contributed by atoms with Crippen molar-refractivity contribution in [2.75, 3.05) is 0 Å². The van der Waals surface area contributed by atoms with Gasteiger partial charge < -0.3 is 0 Å². The number of fused-ring (bicyclic) bond motifs is 6. The maximum Gasteiger partial charge on any atom is 0.416 e. The second-order valence-corrected chi connectivity index (χ2v) is 14.7. The summed E-state index contributed by atoms with van der Waals surface area (Å²) >= 11 is 3.50. The molecule has 0 saturated carbocycles. The molecule has 2 aromatic heterocycles. The standard InChI is InChI=1S/C32H20F3PS2/c1-36(21-12-10-20(11-13-21)32(33,34)35,22-14-16-30-26(18-22)24-6-2-4-8-28(24)37-30)23-15-17-31-27(19-23)25-7-3-5-9-29(25)38-31/h2-19H,1H2.